The molecule has 0 bridgehead atoms. The Morgan fingerprint density at radius 1 is 1.43 bits per heavy atom. The molecule has 2 amide bonds. The number of nitrogens with one attached hydrogen (secondary N) is 2. The third-order valence-electron chi connectivity index (χ3n) is 2.96. The number of alkyl halides is 1. The molecule has 5 nitrogen and oxygen atoms in total. The molecule has 7 heteroatoms. The number of allylic oxidation sites excluding steroid dienone is 1. The number of carbonyl (C=O) groups excluding carboxylic acids is 2. The lowest BCUT2D eigenvalue weighted by Gasteiger charge is -2.28. The number of benzene rings is 1. The minimum atomic E-state index is -0.539. The highest BCUT2D eigenvalue weighted by molar-refractivity contribution is 9.10. The predicted octanol–water partition coefficient (Wildman–Crippen LogP) is 3.02. The Kier molecular flexibility index (Phi) is 5.41. The van der Waals surface area contributed by atoms with Crippen LogP contribution in [0.4, 0.5) is 4.79 Å². The van der Waals surface area contributed by atoms with E-state index in [0.717, 1.165) is 10.0 Å². The summed E-state index contributed by atoms with van der Waals surface area (Å²) in [5.41, 5.74) is 1.73. The SMILES string of the molecule is CCOC(=O)C1=C(CBr)NC(=O)N[C@@H]1c1cccc(Br)c1. The van der Waals surface area contributed by atoms with Gasteiger partial charge in [0.2, 0.25) is 0 Å². The van der Waals surface area contributed by atoms with Crippen molar-refractivity contribution in [3.63, 3.8) is 0 Å². The van der Waals surface area contributed by atoms with Gasteiger partial charge in [0, 0.05) is 15.5 Å². The third kappa shape index (κ3) is 3.65. The van der Waals surface area contributed by atoms with Crippen molar-refractivity contribution in [1.29, 1.82) is 0 Å². The smallest absolute Gasteiger partial charge is 0.338 e. The van der Waals surface area contributed by atoms with E-state index in [4.69, 9.17) is 4.74 Å². The van der Waals surface area contributed by atoms with Gasteiger partial charge >= 0.3 is 12.0 Å². The lowest BCUT2D eigenvalue weighted by Crippen LogP contribution is -2.46. The quantitative estimate of drug-likeness (QED) is 0.584. The maximum absolute atomic E-state index is 12.2. The molecule has 0 radical (unpaired) electrons. The lowest BCUT2D eigenvalue weighted by molar-refractivity contribution is -0.139. The molecule has 2 N–H and O–H groups in total. The second-order valence-electron chi connectivity index (χ2n) is 4.33. The summed E-state index contributed by atoms with van der Waals surface area (Å²) in [6.07, 6.45) is 0. The van der Waals surface area contributed by atoms with Gasteiger partial charge in [-0.25, -0.2) is 9.59 Å². The predicted molar refractivity (Wildman–Crippen MR) is 86.0 cm³/mol. The molecule has 1 aliphatic rings. The van der Waals surface area contributed by atoms with Gasteiger partial charge in [-0.15, -0.1) is 0 Å². The van der Waals surface area contributed by atoms with Gasteiger partial charge in [-0.1, -0.05) is 44.0 Å². The molecule has 2 rings (SSSR count). The molecule has 1 aromatic carbocycles. The molecular formula is C14H14Br2N2O3. The topological polar surface area (TPSA) is 67.4 Å². The zero-order chi connectivity index (χ0) is 15.4. The molecule has 112 valence electrons. The fourth-order valence-electron chi connectivity index (χ4n) is 2.11. The van der Waals surface area contributed by atoms with E-state index in [1.807, 2.05) is 24.3 Å². The first-order valence-corrected chi connectivity index (χ1v) is 8.27. The fraction of sp³-hybridized carbons (Fsp3) is 0.286. The number of rotatable bonds is 4. The second kappa shape index (κ2) is 7.09. The van der Waals surface area contributed by atoms with E-state index < -0.39 is 12.0 Å². The van der Waals surface area contributed by atoms with Gasteiger partial charge < -0.3 is 15.4 Å². The minimum absolute atomic E-state index is 0.275. The average Bonchev–Trinajstić information content (AvgIpc) is 2.46. The number of urea groups is 1. The summed E-state index contributed by atoms with van der Waals surface area (Å²) in [4.78, 5) is 24.0. The first kappa shape index (κ1) is 16.0. The van der Waals surface area contributed by atoms with Crippen LogP contribution in [0.1, 0.15) is 18.5 Å². The molecule has 0 saturated carbocycles. The highest BCUT2D eigenvalue weighted by atomic mass is 79.9. The number of amides is 2. The van der Waals surface area contributed by atoms with E-state index >= 15 is 0 Å². The summed E-state index contributed by atoms with van der Waals surface area (Å²) in [6.45, 7) is 2.02. The zero-order valence-corrected chi connectivity index (χ0v) is 14.5. The molecule has 1 aromatic rings. The molecule has 1 atom stereocenters. The average molecular weight is 418 g/mol. The van der Waals surface area contributed by atoms with Gasteiger partial charge in [-0.3, -0.25) is 0 Å². The van der Waals surface area contributed by atoms with Crippen LogP contribution in [-0.4, -0.2) is 23.9 Å². The van der Waals surface area contributed by atoms with Gasteiger partial charge in [-0.05, 0) is 24.6 Å². The van der Waals surface area contributed by atoms with Crippen molar-refractivity contribution < 1.29 is 14.3 Å². The first-order chi connectivity index (χ1) is 10.1. The maximum Gasteiger partial charge on any atom is 0.338 e. The molecule has 0 unspecified atom stereocenters. The second-order valence-corrected chi connectivity index (χ2v) is 5.81. The van der Waals surface area contributed by atoms with Crippen molar-refractivity contribution in [2.75, 3.05) is 11.9 Å². The van der Waals surface area contributed by atoms with Crippen molar-refractivity contribution in [3.05, 3.63) is 45.6 Å². The molecule has 0 aromatic heterocycles. The lowest BCUT2D eigenvalue weighted by atomic mass is 9.96. The molecular weight excluding hydrogens is 404 g/mol. The largest absolute Gasteiger partial charge is 0.463 e. The Hall–Kier alpha value is -1.34. The van der Waals surface area contributed by atoms with Crippen LogP contribution in [0.5, 0.6) is 0 Å². The van der Waals surface area contributed by atoms with Crippen LogP contribution in [0.25, 0.3) is 0 Å². The van der Waals surface area contributed by atoms with Crippen molar-refractivity contribution >= 4 is 43.9 Å². The van der Waals surface area contributed by atoms with E-state index in [0.29, 0.717) is 16.6 Å². The van der Waals surface area contributed by atoms with Gasteiger partial charge in [0.1, 0.15) is 0 Å². The summed E-state index contributed by atoms with van der Waals surface area (Å²) >= 11 is 6.69. The summed E-state index contributed by atoms with van der Waals surface area (Å²) < 4.78 is 5.98. The van der Waals surface area contributed by atoms with E-state index in [2.05, 4.69) is 42.5 Å². The van der Waals surface area contributed by atoms with Crippen LogP contribution >= 0.6 is 31.9 Å². The summed E-state index contributed by atoms with van der Waals surface area (Å²) in [5, 5.41) is 5.76. The minimum Gasteiger partial charge on any atom is -0.463 e. The van der Waals surface area contributed by atoms with Gasteiger partial charge in [0.25, 0.3) is 0 Å². The fourth-order valence-corrected chi connectivity index (χ4v) is 2.97. The van der Waals surface area contributed by atoms with Crippen LogP contribution < -0.4 is 10.6 Å². The van der Waals surface area contributed by atoms with Crippen LogP contribution in [0.3, 0.4) is 0 Å². The Morgan fingerprint density at radius 2 is 2.19 bits per heavy atom. The number of esters is 1. The van der Waals surface area contributed by atoms with E-state index in [9.17, 15) is 9.59 Å². The molecule has 0 aliphatic carbocycles. The Morgan fingerprint density at radius 3 is 2.81 bits per heavy atom. The van der Waals surface area contributed by atoms with E-state index in [-0.39, 0.29) is 12.6 Å². The zero-order valence-electron chi connectivity index (χ0n) is 11.3. The monoisotopic (exact) mass is 416 g/mol. The number of carbonyl (C=O) groups is 2. The van der Waals surface area contributed by atoms with Crippen LogP contribution in [-0.2, 0) is 9.53 Å². The van der Waals surface area contributed by atoms with Gasteiger partial charge in [0.05, 0.1) is 18.2 Å². The number of ether oxygens (including phenoxy) is 1. The maximum atomic E-state index is 12.2. The molecule has 21 heavy (non-hydrogen) atoms. The van der Waals surface area contributed by atoms with Crippen molar-refractivity contribution in [2.24, 2.45) is 0 Å². The molecule has 0 fully saturated rings. The molecule has 1 heterocycles. The van der Waals surface area contributed by atoms with Crippen molar-refractivity contribution in [1.82, 2.24) is 10.6 Å². The normalized spacial score (nSPS) is 18.0. The number of halogens is 2. The van der Waals surface area contributed by atoms with Crippen LogP contribution in [0.2, 0.25) is 0 Å². The summed E-state index contributed by atoms with van der Waals surface area (Å²) in [7, 11) is 0. The Bertz CT molecular complexity index is 602. The van der Waals surface area contributed by atoms with E-state index in [1.54, 1.807) is 6.92 Å². The van der Waals surface area contributed by atoms with Gasteiger partial charge in [0.15, 0.2) is 0 Å². The number of hydrogen-bond donors (Lipinski definition) is 2. The van der Waals surface area contributed by atoms with E-state index in [1.165, 1.54) is 0 Å². The standard InChI is InChI=1S/C14H14Br2N2O3/c1-2-21-13(19)11-10(7-15)17-14(20)18-12(11)8-4-3-5-9(16)6-8/h3-6,12H,2,7H2,1H3,(H2,17,18,20)/t12-/m1/s1. The van der Waals surface area contributed by atoms with Crippen LogP contribution in [0, 0.1) is 0 Å². The Balaban J connectivity index is 2.49. The molecule has 0 spiro atoms. The summed E-state index contributed by atoms with van der Waals surface area (Å²) in [5.74, 6) is -0.440. The number of hydrogen-bond acceptors (Lipinski definition) is 3. The van der Waals surface area contributed by atoms with Crippen molar-refractivity contribution in [2.45, 2.75) is 13.0 Å². The Labute approximate surface area is 139 Å². The summed E-state index contributed by atoms with van der Waals surface area (Å²) in [6, 6.07) is 6.56. The third-order valence-corrected chi connectivity index (χ3v) is 4.02. The van der Waals surface area contributed by atoms with Gasteiger partial charge in [-0.2, -0.15) is 0 Å². The molecule has 0 saturated heterocycles. The molecule has 1 aliphatic heterocycles. The van der Waals surface area contributed by atoms with Crippen molar-refractivity contribution in [3.8, 4) is 0 Å². The first-order valence-electron chi connectivity index (χ1n) is 6.36. The highest BCUT2D eigenvalue weighted by Gasteiger charge is 2.33. The van der Waals surface area contributed by atoms with Crippen LogP contribution in [0.15, 0.2) is 40.0 Å². The highest BCUT2D eigenvalue weighted by Crippen LogP contribution is 2.29.